The van der Waals surface area contributed by atoms with Crippen molar-refractivity contribution in [3.63, 3.8) is 0 Å². The van der Waals surface area contributed by atoms with Gasteiger partial charge in [0.05, 0.1) is 24.4 Å². The number of methoxy groups -OCH3 is 1. The smallest absolute Gasteiger partial charge is 0.230 e. The quantitative estimate of drug-likeness (QED) is 0.405. The van der Waals surface area contributed by atoms with Crippen LogP contribution >= 0.6 is 11.3 Å². The minimum absolute atomic E-state index is 0.0501. The molecule has 9 heteroatoms. The molecule has 36 heavy (non-hydrogen) atoms. The fourth-order valence-electron chi connectivity index (χ4n) is 4.27. The van der Waals surface area contributed by atoms with Crippen molar-refractivity contribution in [1.29, 1.82) is 0 Å². The van der Waals surface area contributed by atoms with Gasteiger partial charge in [-0.1, -0.05) is 18.2 Å². The minimum Gasteiger partial charge on any atom is -0.497 e. The lowest BCUT2D eigenvalue weighted by atomic mass is 10.1. The van der Waals surface area contributed by atoms with E-state index in [1.165, 1.54) is 16.9 Å². The molecule has 1 fully saturated rings. The number of aromatic nitrogens is 3. The highest BCUT2D eigenvalue weighted by molar-refractivity contribution is 7.12. The van der Waals surface area contributed by atoms with E-state index in [1.54, 1.807) is 16.7 Å². The zero-order valence-corrected chi connectivity index (χ0v) is 21.4. The number of hydrogen-bond donors (Lipinski definition) is 1. The van der Waals surface area contributed by atoms with Gasteiger partial charge < -0.3 is 15.0 Å². The molecule has 8 nitrogen and oxygen atoms in total. The molecule has 1 aliphatic heterocycles. The summed E-state index contributed by atoms with van der Waals surface area (Å²) in [6, 6.07) is 15.4. The molecule has 3 heterocycles. The van der Waals surface area contributed by atoms with Crippen LogP contribution in [0.2, 0.25) is 0 Å². The summed E-state index contributed by atoms with van der Waals surface area (Å²) >= 11 is 1.43. The Bertz CT molecular complexity index is 1460. The standard InChI is InChI=1S/C27H27N5O3S/c1-16-8-9-21(10-17(16)2)31-14-20(13-25(31)33)26(34)29-24-11-18(3)30-32(24)27-28-23(15-36-27)19-6-5-7-22(12-19)35-4/h5-12,15,20H,13-14H2,1-4H3,(H,29,34). The van der Waals surface area contributed by atoms with E-state index >= 15 is 0 Å². The summed E-state index contributed by atoms with van der Waals surface area (Å²) in [7, 11) is 1.63. The summed E-state index contributed by atoms with van der Waals surface area (Å²) < 4.78 is 6.96. The molecule has 0 spiro atoms. The molecule has 2 aromatic heterocycles. The molecule has 1 N–H and O–H groups in total. The number of aryl methyl sites for hydroxylation is 3. The first-order chi connectivity index (χ1) is 17.3. The van der Waals surface area contributed by atoms with E-state index in [4.69, 9.17) is 9.72 Å². The summed E-state index contributed by atoms with van der Waals surface area (Å²) in [5.41, 5.74) is 5.59. The maximum Gasteiger partial charge on any atom is 0.230 e. The molecule has 2 aromatic carbocycles. The molecule has 1 atom stereocenters. The van der Waals surface area contributed by atoms with Crippen LogP contribution in [-0.2, 0) is 9.59 Å². The van der Waals surface area contributed by atoms with Gasteiger partial charge in [-0.15, -0.1) is 11.3 Å². The van der Waals surface area contributed by atoms with Crippen molar-refractivity contribution in [2.75, 3.05) is 23.9 Å². The van der Waals surface area contributed by atoms with Gasteiger partial charge in [-0.3, -0.25) is 9.59 Å². The van der Waals surface area contributed by atoms with Crippen molar-refractivity contribution in [3.05, 3.63) is 70.7 Å². The third-order valence-electron chi connectivity index (χ3n) is 6.42. The van der Waals surface area contributed by atoms with Crippen LogP contribution in [-0.4, -0.2) is 40.2 Å². The van der Waals surface area contributed by atoms with E-state index < -0.39 is 5.92 Å². The van der Waals surface area contributed by atoms with Crippen molar-refractivity contribution in [2.45, 2.75) is 27.2 Å². The van der Waals surface area contributed by atoms with Crippen LogP contribution < -0.4 is 15.0 Å². The second-order valence-electron chi connectivity index (χ2n) is 8.99. The largest absolute Gasteiger partial charge is 0.497 e. The van der Waals surface area contributed by atoms with Crippen LogP contribution in [0.3, 0.4) is 0 Å². The molecule has 0 aliphatic carbocycles. The predicted octanol–water partition coefficient (Wildman–Crippen LogP) is 4.92. The van der Waals surface area contributed by atoms with E-state index in [-0.39, 0.29) is 18.2 Å². The third-order valence-corrected chi connectivity index (χ3v) is 7.24. The first-order valence-corrected chi connectivity index (χ1v) is 12.6. The number of nitrogens with zero attached hydrogens (tertiary/aromatic N) is 4. The van der Waals surface area contributed by atoms with Crippen molar-refractivity contribution in [3.8, 4) is 22.1 Å². The molecule has 0 bridgehead atoms. The second kappa shape index (κ2) is 9.58. The van der Waals surface area contributed by atoms with Gasteiger partial charge in [0.25, 0.3) is 0 Å². The van der Waals surface area contributed by atoms with E-state index in [0.29, 0.717) is 17.5 Å². The lowest BCUT2D eigenvalue weighted by Gasteiger charge is -2.18. The molecule has 2 amide bonds. The Morgan fingerprint density at radius 2 is 1.94 bits per heavy atom. The van der Waals surface area contributed by atoms with Gasteiger partial charge in [-0.05, 0) is 56.2 Å². The maximum absolute atomic E-state index is 13.2. The number of nitrogens with one attached hydrogen (secondary N) is 1. The van der Waals surface area contributed by atoms with Crippen LogP contribution in [0.25, 0.3) is 16.4 Å². The summed E-state index contributed by atoms with van der Waals surface area (Å²) in [4.78, 5) is 32.3. The van der Waals surface area contributed by atoms with Gasteiger partial charge in [0, 0.05) is 35.7 Å². The van der Waals surface area contributed by atoms with Gasteiger partial charge in [-0.25, -0.2) is 4.98 Å². The SMILES string of the molecule is COc1cccc(-c2csc(-n3nc(C)cc3NC(=O)C3CC(=O)N(c4ccc(C)c(C)c4)C3)n2)c1. The van der Waals surface area contributed by atoms with Crippen molar-refractivity contribution in [1.82, 2.24) is 14.8 Å². The highest BCUT2D eigenvalue weighted by Crippen LogP contribution is 2.30. The van der Waals surface area contributed by atoms with Crippen molar-refractivity contribution >= 4 is 34.7 Å². The Morgan fingerprint density at radius 3 is 2.72 bits per heavy atom. The number of thiazole rings is 1. The van der Waals surface area contributed by atoms with Crippen LogP contribution in [0, 0.1) is 26.7 Å². The Labute approximate surface area is 213 Å². The molecular weight excluding hydrogens is 474 g/mol. The average Bonchev–Trinajstić information content (AvgIpc) is 3.59. The monoisotopic (exact) mass is 501 g/mol. The van der Waals surface area contributed by atoms with Gasteiger partial charge >= 0.3 is 0 Å². The fraction of sp³-hybridized carbons (Fsp3) is 0.259. The number of hydrogen-bond acceptors (Lipinski definition) is 6. The molecule has 4 aromatic rings. The van der Waals surface area contributed by atoms with Crippen molar-refractivity contribution < 1.29 is 14.3 Å². The predicted molar refractivity (Wildman–Crippen MR) is 141 cm³/mol. The topological polar surface area (TPSA) is 89.3 Å². The number of carbonyl (C=O) groups excluding carboxylic acids is 2. The summed E-state index contributed by atoms with van der Waals surface area (Å²) in [6.45, 7) is 6.26. The zero-order chi connectivity index (χ0) is 25.4. The highest BCUT2D eigenvalue weighted by Gasteiger charge is 2.35. The van der Waals surface area contributed by atoms with E-state index in [2.05, 4.69) is 10.4 Å². The number of anilines is 2. The lowest BCUT2D eigenvalue weighted by molar-refractivity contribution is -0.122. The Kier molecular flexibility index (Phi) is 6.32. The Balaban J connectivity index is 1.34. The first kappa shape index (κ1) is 23.7. The lowest BCUT2D eigenvalue weighted by Crippen LogP contribution is -2.28. The number of carbonyl (C=O) groups is 2. The molecule has 1 saturated heterocycles. The maximum atomic E-state index is 13.2. The van der Waals surface area contributed by atoms with Gasteiger partial charge in [0.1, 0.15) is 11.6 Å². The molecule has 1 aliphatic rings. The Hall–Kier alpha value is -3.98. The Morgan fingerprint density at radius 1 is 1.11 bits per heavy atom. The molecule has 0 radical (unpaired) electrons. The van der Waals surface area contributed by atoms with Crippen LogP contribution in [0.5, 0.6) is 5.75 Å². The van der Waals surface area contributed by atoms with Gasteiger partial charge in [0.2, 0.25) is 16.9 Å². The highest BCUT2D eigenvalue weighted by atomic mass is 32.1. The van der Waals surface area contributed by atoms with E-state index in [9.17, 15) is 9.59 Å². The fourth-order valence-corrected chi connectivity index (χ4v) is 5.06. The van der Waals surface area contributed by atoms with Crippen molar-refractivity contribution in [2.24, 2.45) is 5.92 Å². The minimum atomic E-state index is -0.452. The van der Waals surface area contributed by atoms with Crippen LogP contribution in [0.4, 0.5) is 11.5 Å². The molecule has 5 rings (SSSR count). The van der Waals surface area contributed by atoms with Crippen LogP contribution in [0.1, 0.15) is 23.2 Å². The summed E-state index contributed by atoms with van der Waals surface area (Å²) in [6.07, 6.45) is 0.170. The second-order valence-corrected chi connectivity index (χ2v) is 9.83. The van der Waals surface area contributed by atoms with Crippen LogP contribution in [0.15, 0.2) is 53.9 Å². The number of ether oxygens (including phenoxy) is 1. The van der Waals surface area contributed by atoms with Gasteiger partial charge in [0.15, 0.2) is 0 Å². The molecule has 184 valence electrons. The van der Waals surface area contributed by atoms with E-state index in [1.807, 2.05) is 74.7 Å². The zero-order valence-electron chi connectivity index (χ0n) is 20.6. The molecule has 1 unspecified atom stereocenters. The first-order valence-electron chi connectivity index (χ1n) is 11.7. The summed E-state index contributed by atoms with van der Waals surface area (Å²) in [5, 5.41) is 10.1. The number of rotatable bonds is 6. The number of amides is 2. The average molecular weight is 502 g/mol. The normalized spacial score (nSPS) is 15.4. The number of benzene rings is 2. The molecular formula is C27H27N5O3S. The third kappa shape index (κ3) is 4.61. The summed E-state index contributed by atoms with van der Waals surface area (Å²) in [5.74, 6) is 0.574. The van der Waals surface area contributed by atoms with E-state index in [0.717, 1.165) is 34.0 Å². The van der Waals surface area contributed by atoms with Gasteiger partial charge in [-0.2, -0.15) is 9.78 Å². The molecule has 0 saturated carbocycles.